The quantitative estimate of drug-likeness (QED) is 0.515. The van der Waals surface area contributed by atoms with Crippen LogP contribution in [0.25, 0.3) is 10.9 Å². The second-order valence-electron chi connectivity index (χ2n) is 5.03. The summed E-state index contributed by atoms with van der Waals surface area (Å²) in [4.78, 5) is 16.0. The van der Waals surface area contributed by atoms with Crippen molar-refractivity contribution in [3.05, 3.63) is 71.1 Å². The van der Waals surface area contributed by atoms with Crippen molar-refractivity contribution in [2.45, 2.75) is 6.61 Å². The van der Waals surface area contributed by atoms with Crippen molar-refractivity contribution in [3.63, 3.8) is 0 Å². The minimum atomic E-state index is -0.552. The molecule has 0 aliphatic heterocycles. The zero-order valence-corrected chi connectivity index (χ0v) is 13.3. The van der Waals surface area contributed by atoms with Crippen molar-refractivity contribution in [1.82, 2.24) is 4.98 Å². The van der Waals surface area contributed by atoms with Crippen LogP contribution in [0.15, 0.2) is 54.6 Å². The molecule has 0 atom stereocenters. The maximum absolute atomic E-state index is 12.8. The minimum Gasteiger partial charge on any atom is -0.482 e. The van der Waals surface area contributed by atoms with Gasteiger partial charge in [-0.15, -0.1) is 0 Å². The first kappa shape index (κ1) is 16.2. The van der Waals surface area contributed by atoms with Crippen LogP contribution in [0.2, 0.25) is 5.15 Å². The maximum Gasteiger partial charge on any atom is 0.344 e. The normalized spacial score (nSPS) is 10.6. The number of para-hydroxylation sites is 1. The van der Waals surface area contributed by atoms with E-state index in [1.807, 2.05) is 30.3 Å². The molecule has 0 aliphatic rings. The number of carbonyl (C=O) groups excluding carboxylic acids is 1. The van der Waals surface area contributed by atoms with E-state index in [4.69, 9.17) is 21.1 Å². The first-order valence-electron chi connectivity index (χ1n) is 7.20. The Morgan fingerprint density at radius 2 is 1.88 bits per heavy atom. The molecular formula is C18H13ClFNO3. The third-order valence-corrected chi connectivity index (χ3v) is 3.64. The Balaban J connectivity index is 1.58. The Hall–Kier alpha value is -2.66. The molecular weight excluding hydrogens is 333 g/mol. The average molecular weight is 346 g/mol. The van der Waals surface area contributed by atoms with Crippen LogP contribution in [-0.2, 0) is 16.1 Å². The van der Waals surface area contributed by atoms with Crippen LogP contribution < -0.4 is 4.74 Å². The highest BCUT2D eigenvalue weighted by molar-refractivity contribution is 6.30. The second kappa shape index (κ2) is 7.27. The zero-order chi connectivity index (χ0) is 16.9. The first-order valence-corrected chi connectivity index (χ1v) is 7.58. The highest BCUT2D eigenvalue weighted by Gasteiger charge is 2.09. The number of esters is 1. The Morgan fingerprint density at radius 1 is 1.12 bits per heavy atom. The number of hydrogen-bond acceptors (Lipinski definition) is 4. The Labute approximate surface area is 142 Å². The first-order chi connectivity index (χ1) is 11.6. The molecule has 122 valence electrons. The number of ether oxygens (including phenoxy) is 2. The van der Waals surface area contributed by atoms with Crippen LogP contribution in [-0.4, -0.2) is 17.6 Å². The van der Waals surface area contributed by atoms with Crippen LogP contribution in [0, 0.1) is 5.82 Å². The zero-order valence-electron chi connectivity index (χ0n) is 12.5. The summed E-state index contributed by atoms with van der Waals surface area (Å²) in [5, 5.41) is 1.21. The van der Waals surface area contributed by atoms with Gasteiger partial charge in [0.1, 0.15) is 23.3 Å². The molecule has 3 rings (SSSR count). The van der Waals surface area contributed by atoms with Crippen LogP contribution in [0.1, 0.15) is 5.56 Å². The van der Waals surface area contributed by atoms with Gasteiger partial charge in [0.25, 0.3) is 0 Å². The topological polar surface area (TPSA) is 48.4 Å². The monoisotopic (exact) mass is 345 g/mol. The molecule has 0 saturated carbocycles. The predicted octanol–water partition coefficient (Wildman–Crippen LogP) is 4.15. The molecule has 0 spiro atoms. The number of benzene rings is 2. The summed E-state index contributed by atoms with van der Waals surface area (Å²) >= 11 is 6.11. The summed E-state index contributed by atoms with van der Waals surface area (Å²) in [5.74, 6) is -0.536. The maximum atomic E-state index is 12.8. The van der Waals surface area contributed by atoms with Gasteiger partial charge in [-0.05, 0) is 36.4 Å². The molecule has 4 nitrogen and oxygen atoms in total. The summed E-state index contributed by atoms with van der Waals surface area (Å²) in [7, 11) is 0. The summed E-state index contributed by atoms with van der Waals surface area (Å²) in [5.41, 5.74) is 1.39. The average Bonchev–Trinajstić information content (AvgIpc) is 2.59. The smallest absolute Gasteiger partial charge is 0.344 e. The van der Waals surface area contributed by atoms with E-state index in [1.54, 1.807) is 0 Å². The van der Waals surface area contributed by atoms with E-state index in [0.717, 1.165) is 10.9 Å². The summed E-state index contributed by atoms with van der Waals surface area (Å²) in [6.45, 7) is -0.271. The fraction of sp³-hybridized carbons (Fsp3) is 0.111. The summed E-state index contributed by atoms with van der Waals surface area (Å²) in [6, 6.07) is 14.7. The lowest BCUT2D eigenvalue weighted by atomic mass is 10.2. The van der Waals surface area contributed by atoms with Gasteiger partial charge in [0.15, 0.2) is 6.61 Å². The third kappa shape index (κ3) is 4.00. The molecule has 0 radical (unpaired) electrons. The van der Waals surface area contributed by atoms with Crippen LogP contribution in [0.5, 0.6) is 5.75 Å². The Morgan fingerprint density at radius 3 is 2.67 bits per heavy atom. The molecule has 0 unspecified atom stereocenters. The number of fused-ring (bicyclic) bond motifs is 1. The lowest BCUT2D eigenvalue weighted by Gasteiger charge is -2.09. The molecule has 1 aromatic heterocycles. The van der Waals surface area contributed by atoms with Crippen molar-refractivity contribution in [3.8, 4) is 5.75 Å². The van der Waals surface area contributed by atoms with Crippen molar-refractivity contribution >= 4 is 28.5 Å². The fourth-order valence-corrected chi connectivity index (χ4v) is 2.31. The van der Waals surface area contributed by atoms with Gasteiger partial charge in [0, 0.05) is 10.9 Å². The van der Waals surface area contributed by atoms with Gasteiger partial charge in [0.2, 0.25) is 0 Å². The molecule has 1 heterocycles. The molecule has 0 N–H and O–H groups in total. The fourth-order valence-electron chi connectivity index (χ4n) is 2.11. The molecule has 6 heteroatoms. The largest absolute Gasteiger partial charge is 0.482 e. The number of pyridine rings is 1. The van der Waals surface area contributed by atoms with Crippen molar-refractivity contribution in [2.24, 2.45) is 0 Å². The lowest BCUT2D eigenvalue weighted by Crippen LogP contribution is -2.15. The molecule has 24 heavy (non-hydrogen) atoms. The van der Waals surface area contributed by atoms with Crippen molar-refractivity contribution in [2.75, 3.05) is 6.61 Å². The van der Waals surface area contributed by atoms with Gasteiger partial charge in [-0.2, -0.15) is 0 Å². The highest BCUT2D eigenvalue weighted by Crippen LogP contribution is 2.21. The van der Waals surface area contributed by atoms with E-state index < -0.39 is 5.97 Å². The van der Waals surface area contributed by atoms with Crippen LogP contribution in [0.3, 0.4) is 0 Å². The number of halogens is 2. The van der Waals surface area contributed by atoms with Gasteiger partial charge in [-0.25, -0.2) is 14.2 Å². The highest BCUT2D eigenvalue weighted by atomic mass is 35.5. The molecule has 3 aromatic rings. The molecule has 0 saturated heterocycles. The van der Waals surface area contributed by atoms with Gasteiger partial charge in [-0.1, -0.05) is 29.8 Å². The number of rotatable bonds is 5. The van der Waals surface area contributed by atoms with Gasteiger partial charge >= 0.3 is 5.97 Å². The van der Waals surface area contributed by atoms with Crippen LogP contribution in [0.4, 0.5) is 4.39 Å². The minimum absolute atomic E-state index is 0.00226. The van der Waals surface area contributed by atoms with E-state index >= 15 is 0 Å². The van der Waals surface area contributed by atoms with E-state index in [9.17, 15) is 9.18 Å². The number of carbonyl (C=O) groups is 1. The summed E-state index contributed by atoms with van der Waals surface area (Å²) in [6.07, 6.45) is 0. The second-order valence-corrected chi connectivity index (χ2v) is 5.39. The van der Waals surface area contributed by atoms with Gasteiger partial charge in [-0.3, -0.25) is 0 Å². The molecule has 2 aromatic carbocycles. The van der Waals surface area contributed by atoms with E-state index in [1.165, 1.54) is 24.3 Å². The van der Waals surface area contributed by atoms with Gasteiger partial charge < -0.3 is 9.47 Å². The SMILES string of the molecule is O=C(COc1ccc(F)cc1)OCc1cc2ccccc2nc1Cl. The van der Waals surface area contributed by atoms with E-state index in [0.29, 0.717) is 16.5 Å². The number of nitrogens with zero attached hydrogens (tertiary/aromatic N) is 1. The Bertz CT molecular complexity index is 868. The molecule has 0 amide bonds. The van der Waals surface area contributed by atoms with Gasteiger partial charge in [0.05, 0.1) is 5.52 Å². The predicted molar refractivity (Wildman–Crippen MR) is 88.4 cm³/mol. The third-order valence-electron chi connectivity index (χ3n) is 3.31. The molecule has 0 aliphatic carbocycles. The standard InChI is InChI=1S/C18H13ClFNO3/c19-18-13(9-12-3-1-2-4-16(12)21-18)10-24-17(22)11-23-15-7-5-14(20)6-8-15/h1-9H,10-11H2. The number of aromatic nitrogens is 1. The Kier molecular flexibility index (Phi) is 4.91. The van der Waals surface area contributed by atoms with Crippen molar-refractivity contribution < 1.29 is 18.7 Å². The summed E-state index contributed by atoms with van der Waals surface area (Å²) < 4.78 is 23.1. The van der Waals surface area contributed by atoms with E-state index in [-0.39, 0.29) is 19.0 Å². The van der Waals surface area contributed by atoms with Crippen LogP contribution >= 0.6 is 11.6 Å². The number of hydrogen-bond donors (Lipinski definition) is 0. The van der Waals surface area contributed by atoms with Crippen molar-refractivity contribution in [1.29, 1.82) is 0 Å². The molecule has 0 bridgehead atoms. The molecule has 0 fully saturated rings. The van der Waals surface area contributed by atoms with E-state index in [2.05, 4.69) is 4.98 Å². The lowest BCUT2D eigenvalue weighted by molar-refractivity contribution is -0.147.